The van der Waals surface area contributed by atoms with Crippen LogP contribution in [0.5, 0.6) is 5.75 Å². The third-order valence-corrected chi connectivity index (χ3v) is 3.73. The van der Waals surface area contributed by atoms with E-state index in [0.717, 1.165) is 18.6 Å². The van der Waals surface area contributed by atoms with Gasteiger partial charge in [0, 0.05) is 11.1 Å². The number of ether oxygens (including phenoxy) is 1. The Bertz CT molecular complexity index is 648. The summed E-state index contributed by atoms with van der Waals surface area (Å²) in [6.07, 6.45) is 2.54. The molecular formula is C16H12BrFO2. The lowest BCUT2D eigenvalue weighted by Crippen LogP contribution is -2.02. The van der Waals surface area contributed by atoms with Gasteiger partial charge in [0.15, 0.2) is 5.78 Å². The molecule has 0 spiro atoms. The van der Waals surface area contributed by atoms with Crippen molar-refractivity contribution in [1.29, 1.82) is 0 Å². The van der Waals surface area contributed by atoms with Gasteiger partial charge in [-0.05, 0) is 71.2 Å². The molecule has 2 aromatic carbocycles. The molecular weight excluding hydrogens is 323 g/mol. The fourth-order valence-corrected chi connectivity index (χ4v) is 2.25. The molecule has 1 aliphatic rings. The molecule has 0 radical (unpaired) electrons. The number of hydrogen-bond donors (Lipinski definition) is 0. The lowest BCUT2D eigenvalue weighted by Gasteiger charge is -2.06. The second kappa shape index (κ2) is 5.37. The average molecular weight is 335 g/mol. The van der Waals surface area contributed by atoms with Gasteiger partial charge in [0.1, 0.15) is 11.6 Å². The maximum atomic E-state index is 13.2. The fourth-order valence-electron chi connectivity index (χ4n) is 1.87. The van der Waals surface area contributed by atoms with E-state index >= 15 is 0 Å². The highest BCUT2D eigenvalue weighted by Crippen LogP contribution is 2.27. The first-order valence-corrected chi connectivity index (χ1v) is 7.19. The number of carbonyl (C=O) groups excluding carboxylic acids is 1. The predicted molar refractivity (Wildman–Crippen MR) is 77.6 cm³/mol. The largest absolute Gasteiger partial charge is 0.490 e. The van der Waals surface area contributed by atoms with Crippen molar-refractivity contribution in [3.63, 3.8) is 0 Å². The summed E-state index contributed by atoms with van der Waals surface area (Å²) in [5.74, 6) is 0.266. The highest BCUT2D eigenvalue weighted by Gasteiger charge is 2.23. The Hall–Kier alpha value is -1.68. The zero-order valence-electron chi connectivity index (χ0n) is 10.6. The van der Waals surface area contributed by atoms with Crippen LogP contribution in [0.15, 0.2) is 46.9 Å². The van der Waals surface area contributed by atoms with Crippen LogP contribution in [0.25, 0.3) is 0 Å². The summed E-state index contributed by atoms with van der Waals surface area (Å²) in [5.41, 5.74) is 1.01. The van der Waals surface area contributed by atoms with Crippen molar-refractivity contribution >= 4 is 21.7 Å². The number of hydrogen-bond acceptors (Lipinski definition) is 2. The molecule has 0 bridgehead atoms. The molecule has 0 aliphatic heterocycles. The Morgan fingerprint density at radius 3 is 2.35 bits per heavy atom. The third kappa shape index (κ3) is 2.90. The fraction of sp³-hybridized carbons (Fsp3) is 0.188. The van der Waals surface area contributed by atoms with E-state index in [0.29, 0.717) is 17.2 Å². The minimum atomic E-state index is -0.380. The summed E-state index contributed by atoms with van der Waals surface area (Å²) in [6, 6.07) is 11.3. The van der Waals surface area contributed by atoms with Gasteiger partial charge in [-0.2, -0.15) is 0 Å². The van der Waals surface area contributed by atoms with Crippen LogP contribution in [0, 0.1) is 5.82 Å². The van der Waals surface area contributed by atoms with E-state index in [1.54, 1.807) is 24.3 Å². The van der Waals surface area contributed by atoms with E-state index in [-0.39, 0.29) is 16.1 Å². The molecule has 0 unspecified atom stereocenters. The Morgan fingerprint density at radius 1 is 1.10 bits per heavy atom. The SMILES string of the molecule is O=C(c1ccc(OC2CC2)cc1)c1ccc(F)c(Br)c1. The van der Waals surface area contributed by atoms with Crippen molar-refractivity contribution in [3.05, 3.63) is 63.9 Å². The predicted octanol–water partition coefficient (Wildman–Crippen LogP) is 4.36. The summed E-state index contributed by atoms with van der Waals surface area (Å²) in [7, 11) is 0. The first kappa shape index (κ1) is 13.3. The molecule has 4 heteroatoms. The van der Waals surface area contributed by atoms with Gasteiger partial charge in [0.2, 0.25) is 0 Å². The van der Waals surface area contributed by atoms with Crippen LogP contribution in [0.4, 0.5) is 4.39 Å². The summed E-state index contributed by atoms with van der Waals surface area (Å²) in [4.78, 5) is 12.3. The van der Waals surface area contributed by atoms with Gasteiger partial charge < -0.3 is 4.74 Å². The van der Waals surface area contributed by atoms with Crippen molar-refractivity contribution < 1.29 is 13.9 Å². The lowest BCUT2D eigenvalue weighted by molar-refractivity contribution is 0.103. The van der Waals surface area contributed by atoms with Crippen molar-refractivity contribution in [1.82, 2.24) is 0 Å². The Kier molecular flexibility index (Phi) is 3.57. The van der Waals surface area contributed by atoms with Gasteiger partial charge in [0.25, 0.3) is 0 Å². The van der Waals surface area contributed by atoms with E-state index in [4.69, 9.17) is 4.74 Å². The Morgan fingerprint density at radius 2 is 1.75 bits per heavy atom. The Balaban J connectivity index is 1.80. The molecule has 1 aliphatic carbocycles. The molecule has 1 saturated carbocycles. The standard InChI is InChI=1S/C16H12BrFO2/c17-14-9-11(3-8-15(14)18)16(19)10-1-4-12(5-2-10)20-13-6-7-13/h1-5,8-9,13H,6-7H2. The van der Waals surface area contributed by atoms with Crippen LogP contribution in [0.2, 0.25) is 0 Å². The van der Waals surface area contributed by atoms with Crippen LogP contribution < -0.4 is 4.74 Å². The minimum absolute atomic E-state index is 0.135. The number of rotatable bonds is 4. The molecule has 2 nitrogen and oxygen atoms in total. The molecule has 0 atom stereocenters. The summed E-state index contributed by atoms with van der Waals surface area (Å²) in [5, 5.41) is 0. The molecule has 0 heterocycles. The summed E-state index contributed by atoms with van der Waals surface area (Å²) in [6.45, 7) is 0. The molecule has 0 saturated heterocycles. The van der Waals surface area contributed by atoms with E-state index in [9.17, 15) is 9.18 Å². The smallest absolute Gasteiger partial charge is 0.193 e. The van der Waals surface area contributed by atoms with Gasteiger partial charge in [-0.25, -0.2) is 4.39 Å². The van der Waals surface area contributed by atoms with Gasteiger partial charge in [-0.15, -0.1) is 0 Å². The zero-order chi connectivity index (χ0) is 14.1. The van der Waals surface area contributed by atoms with E-state index in [2.05, 4.69) is 15.9 Å². The van der Waals surface area contributed by atoms with Gasteiger partial charge in [0.05, 0.1) is 10.6 Å². The maximum Gasteiger partial charge on any atom is 0.193 e. The molecule has 0 amide bonds. The summed E-state index contributed by atoms with van der Waals surface area (Å²) >= 11 is 3.09. The van der Waals surface area contributed by atoms with Crippen LogP contribution >= 0.6 is 15.9 Å². The molecule has 0 N–H and O–H groups in total. The van der Waals surface area contributed by atoms with Crippen LogP contribution in [-0.4, -0.2) is 11.9 Å². The van der Waals surface area contributed by atoms with E-state index in [1.165, 1.54) is 18.2 Å². The molecule has 0 aromatic heterocycles. The molecule has 20 heavy (non-hydrogen) atoms. The van der Waals surface area contributed by atoms with E-state index < -0.39 is 0 Å². The summed E-state index contributed by atoms with van der Waals surface area (Å²) < 4.78 is 19.1. The van der Waals surface area contributed by atoms with Crippen LogP contribution in [0.1, 0.15) is 28.8 Å². The van der Waals surface area contributed by atoms with Gasteiger partial charge in [-0.3, -0.25) is 4.79 Å². The van der Waals surface area contributed by atoms with Crippen molar-refractivity contribution in [2.24, 2.45) is 0 Å². The quantitative estimate of drug-likeness (QED) is 0.776. The highest BCUT2D eigenvalue weighted by molar-refractivity contribution is 9.10. The lowest BCUT2D eigenvalue weighted by atomic mass is 10.0. The highest BCUT2D eigenvalue weighted by atomic mass is 79.9. The first-order chi connectivity index (χ1) is 9.63. The molecule has 2 aromatic rings. The van der Waals surface area contributed by atoms with Crippen LogP contribution in [-0.2, 0) is 0 Å². The van der Waals surface area contributed by atoms with E-state index in [1.807, 2.05) is 0 Å². The van der Waals surface area contributed by atoms with Gasteiger partial charge >= 0.3 is 0 Å². The normalized spacial score (nSPS) is 14.1. The number of halogens is 2. The Labute approximate surface area is 124 Å². The zero-order valence-corrected chi connectivity index (χ0v) is 12.2. The monoisotopic (exact) mass is 334 g/mol. The number of carbonyl (C=O) groups is 1. The first-order valence-electron chi connectivity index (χ1n) is 6.40. The molecule has 1 fully saturated rings. The second-order valence-corrected chi connectivity index (χ2v) is 5.65. The van der Waals surface area contributed by atoms with Crippen molar-refractivity contribution in [2.75, 3.05) is 0 Å². The third-order valence-electron chi connectivity index (χ3n) is 3.13. The molecule has 3 rings (SSSR count). The number of benzene rings is 2. The van der Waals surface area contributed by atoms with Gasteiger partial charge in [-0.1, -0.05) is 0 Å². The van der Waals surface area contributed by atoms with Crippen molar-refractivity contribution in [2.45, 2.75) is 18.9 Å². The second-order valence-electron chi connectivity index (χ2n) is 4.80. The minimum Gasteiger partial charge on any atom is -0.490 e. The topological polar surface area (TPSA) is 26.3 Å². The average Bonchev–Trinajstić information content (AvgIpc) is 3.26. The van der Waals surface area contributed by atoms with Crippen molar-refractivity contribution in [3.8, 4) is 5.75 Å². The number of ketones is 1. The molecule has 102 valence electrons. The van der Waals surface area contributed by atoms with Crippen LogP contribution in [0.3, 0.4) is 0 Å². The maximum absolute atomic E-state index is 13.2.